The van der Waals surface area contributed by atoms with Crippen molar-refractivity contribution >= 4 is 23.1 Å². The van der Waals surface area contributed by atoms with Gasteiger partial charge < -0.3 is 19.9 Å². The molecule has 7 nitrogen and oxygen atoms in total. The molecule has 1 aliphatic rings. The molecule has 1 aromatic carbocycles. The van der Waals surface area contributed by atoms with Gasteiger partial charge in [0.1, 0.15) is 11.6 Å². The van der Waals surface area contributed by atoms with Crippen molar-refractivity contribution in [1.29, 1.82) is 0 Å². The Bertz CT molecular complexity index is 972. The minimum Gasteiger partial charge on any atom is -0.495 e. The molecule has 0 unspecified atom stereocenters. The Kier molecular flexibility index (Phi) is 5.56. The van der Waals surface area contributed by atoms with Crippen molar-refractivity contribution in [2.75, 3.05) is 43.5 Å². The van der Waals surface area contributed by atoms with Crippen molar-refractivity contribution < 1.29 is 9.53 Å². The van der Waals surface area contributed by atoms with Crippen molar-refractivity contribution in [1.82, 2.24) is 14.9 Å². The summed E-state index contributed by atoms with van der Waals surface area (Å²) in [5, 5.41) is 3.25. The maximum absolute atomic E-state index is 13.2. The molecule has 3 heterocycles. The highest BCUT2D eigenvalue weighted by Gasteiger charge is 2.24. The fraction of sp³-hybridized carbons (Fsp3) is 0.227. The molecule has 3 aromatic rings. The minimum absolute atomic E-state index is 0.0233. The Labute approximate surface area is 170 Å². The van der Waals surface area contributed by atoms with Gasteiger partial charge in [-0.25, -0.2) is 4.98 Å². The summed E-state index contributed by atoms with van der Waals surface area (Å²) in [7, 11) is 1.62. The predicted molar refractivity (Wildman–Crippen MR) is 113 cm³/mol. The zero-order chi connectivity index (χ0) is 20.1. The topological polar surface area (TPSA) is 70.6 Å². The maximum Gasteiger partial charge on any atom is 0.257 e. The summed E-state index contributed by atoms with van der Waals surface area (Å²) in [5.41, 5.74) is 2.45. The molecule has 7 heteroatoms. The number of pyridine rings is 2. The van der Waals surface area contributed by atoms with Crippen LogP contribution in [0.1, 0.15) is 10.4 Å². The van der Waals surface area contributed by atoms with E-state index in [2.05, 4.69) is 20.2 Å². The fourth-order valence-corrected chi connectivity index (χ4v) is 3.45. The second-order valence-electron chi connectivity index (χ2n) is 6.71. The highest BCUT2D eigenvalue weighted by Crippen LogP contribution is 2.28. The van der Waals surface area contributed by atoms with E-state index in [9.17, 15) is 4.79 Å². The third-order valence-corrected chi connectivity index (χ3v) is 4.99. The van der Waals surface area contributed by atoms with Gasteiger partial charge in [-0.2, -0.15) is 0 Å². The Hall–Kier alpha value is -3.61. The van der Waals surface area contributed by atoms with Crippen LogP contribution in [0.2, 0.25) is 0 Å². The number of benzene rings is 1. The first-order chi connectivity index (χ1) is 14.3. The van der Waals surface area contributed by atoms with Crippen LogP contribution in [0.3, 0.4) is 0 Å². The summed E-state index contributed by atoms with van der Waals surface area (Å²) in [6.07, 6.45) is 5.26. The molecule has 0 atom stereocenters. The predicted octanol–water partition coefficient (Wildman–Crippen LogP) is 3.19. The first-order valence-corrected chi connectivity index (χ1v) is 9.55. The number of hydrogen-bond donors (Lipinski definition) is 1. The standard InChI is InChI=1S/C22H23N5O2/c1-29-20-7-3-2-6-19(20)25-21-18(5-4-10-24-21)22(28)27-15-13-26(14-16-27)17-8-11-23-12-9-17/h2-12H,13-16H2,1H3,(H,24,25). The monoisotopic (exact) mass is 389 g/mol. The number of nitrogens with zero attached hydrogens (tertiary/aromatic N) is 4. The molecule has 0 radical (unpaired) electrons. The van der Waals surface area contributed by atoms with E-state index in [1.54, 1.807) is 31.8 Å². The average Bonchev–Trinajstić information content (AvgIpc) is 2.80. The first kappa shape index (κ1) is 18.7. The van der Waals surface area contributed by atoms with Crippen LogP contribution in [0.25, 0.3) is 0 Å². The van der Waals surface area contributed by atoms with Gasteiger partial charge in [-0.15, -0.1) is 0 Å². The van der Waals surface area contributed by atoms with Crippen LogP contribution < -0.4 is 15.0 Å². The van der Waals surface area contributed by atoms with E-state index in [1.165, 1.54) is 0 Å². The molecule has 0 spiro atoms. The van der Waals surface area contributed by atoms with Crippen LogP contribution >= 0.6 is 0 Å². The molecule has 0 aliphatic carbocycles. The van der Waals surface area contributed by atoms with Gasteiger partial charge in [0.15, 0.2) is 0 Å². The molecule has 1 fully saturated rings. The molecule has 29 heavy (non-hydrogen) atoms. The lowest BCUT2D eigenvalue weighted by Gasteiger charge is -2.36. The van der Waals surface area contributed by atoms with Crippen molar-refractivity contribution in [2.24, 2.45) is 0 Å². The smallest absolute Gasteiger partial charge is 0.257 e. The van der Waals surface area contributed by atoms with E-state index in [0.717, 1.165) is 24.5 Å². The summed E-state index contributed by atoms with van der Waals surface area (Å²) in [6, 6.07) is 15.2. The third-order valence-electron chi connectivity index (χ3n) is 4.99. The SMILES string of the molecule is COc1ccccc1Nc1ncccc1C(=O)N1CCN(c2ccncc2)CC1. The lowest BCUT2D eigenvalue weighted by atomic mass is 10.2. The summed E-state index contributed by atoms with van der Waals surface area (Å²) in [6.45, 7) is 2.88. The van der Waals surface area contributed by atoms with E-state index in [1.807, 2.05) is 47.4 Å². The normalized spacial score (nSPS) is 13.8. The van der Waals surface area contributed by atoms with Crippen LogP contribution in [0.4, 0.5) is 17.2 Å². The molecule has 2 aromatic heterocycles. The number of nitrogens with one attached hydrogen (secondary N) is 1. The molecular weight excluding hydrogens is 366 g/mol. The first-order valence-electron chi connectivity index (χ1n) is 9.55. The number of piperazine rings is 1. The van der Waals surface area contributed by atoms with Gasteiger partial charge in [-0.05, 0) is 36.4 Å². The zero-order valence-corrected chi connectivity index (χ0v) is 16.3. The molecule has 4 rings (SSSR count). The Balaban J connectivity index is 1.49. The Morgan fingerprint density at radius 1 is 0.966 bits per heavy atom. The number of amides is 1. The zero-order valence-electron chi connectivity index (χ0n) is 16.3. The molecule has 1 N–H and O–H groups in total. The van der Waals surface area contributed by atoms with Crippen molar-refractivity contribution in [3.8, 4) is 5.75 Å². The number of anilines is 3. The second kappa shape index (κ2) is 8.60. The molecule has 0 bridgehead atoms. The van der Waals surface area contributed by atoms with Gasteiger partial charge in [0.25, 0.3) is 5.91 Å². The van der Waals surface area contributed by atoms with E-state index in [-0.39, 0.29) is 5.91 Å². The number of carbonyl (C=O) groups excluding carboxylic acids is 1. The number of ether oxygens (including phenoxy) is 1. The van der Waals surface area contributed by atoms with Gasteiger partial charge in [-0.3, -0.25) is 9.78 Å². The van der Waals surface area contributed by atoms with E-state index in [0.29, 0.717) is 30.2 Å². The minimum atomic E-state index is -0.0233. The van der Waals surface area contributed by atoms with E-state index < -0.39 is 0 Å². The maximum atomic E-state index is 13.2. The van der Waals surface area contributed by atoms with Gasteiger partial charge in [0, 0.05) is 50.5 Å². The lowest BCUT2D eigenvalue weighted by molar-refractivity contribution is 0.0747. The summed E-state index contributed by atoms with van der Waals surface area (Å²) >= 11 is 0. The van der Waals surface area contributed by atoms with Crippen LogP contribution in [-0.4, -0.2) is 54.1 Å². The summed E-state index contributed by atoms with van der Waals surface area (Å²) < 4.78 is 5.39. The summed E-state index contributed by atoms with van der Waals surface area (Å²) in [5.74, 6) is 1.20. The number of aromatic nitrogens is 2. The van der Waals surface area contributed by atoms with Crippen LogP contribution in [0.15, 0.2) is 67.1 Å². The second-order valence-corrected chi connectivity index (χ2v) is 6.71. The Morgan fingerprint density at radius 2 is 1.72 bits per heavy atom. The molecule has 1 aliphatic heterocycles. The highest BCUT2D eigenvalue weighted by molar-refractivity contribution is 5.99. The summed E-state index contributed by atoms with van der Waals surface area (Å²) in [4.78, 5) is 25.8. The van der Waals surface area contributed by atoms with Crippen LogP contribution in [0, 0.1) is 0 Å². The highest BCUT2D eigenvalue weighted by atomic mass is 16.5. The molecule has 1 saturated heterocycles. The lowest BCUT2D eigenvalue weighted by Crippen LogP contribution is -2.48. The van der Waals surface area contributed by atoms with E-state index in [4.69, 9.17) is 4.74 Å². The molecule has 0 saturated carbocycles. The number of hydrogen-bond acceptors (Lipinski definition) is 6. The van der Waals surface area contributed by atoms with E-state index >= 15 is 0 Å². The van der Waals surface area contributed by atoms with Crippen LogP contribution in [-0.2, 0) is 0 Å². The van der Waals surface area contributed by atoms with Crippen molar-refractivity contribution in [3.05, 3.63) is 72.7 Å². The molecule has 148 valence electrons. The molecule has 1 amide bonds. The Morgan fingerprint density at radius 3 is 2.48 bits per heavy atom. The quantitative estimate of drug-likeness (QED) is 0.723. The average molecular weight is 389 g/mol. The van der Waals surface area contributed by atoms with Gasteiger partial charge in [0.2, 0.25) is 0 Å². The fourth-order valence-electron chi connectivity index (χ4n) is 3.45. The largest absolute Gasteiger partial charge is 0.495 e. The van der Waals surface area contributed by atoms with Gasteiger partial charge in [-0.1, -0.05) is 12.1 Å². The number of para-hydroxylation sites is 2. The van der Waals surface area contributed by atoms with Crippen LogP contribution in [0.5, 0.6) is 5.75 Å². The number of carbonyl (C=O) groups is 1. The number of methoxy groups -OCH3 is 1. The van der Waals surface area contributed by atoms with Crippen molar-refractivity contribution in [2.45, 2.75) is 0 Å². The van der Waals surface area contributed by atoms with Gasteiger partial charge >= 0.3 is 0 Å². The number of rotatable bonds is 5. The van der Waals surface area contributed by atoms with Gasteiger partial charge in [0.05, 0.1) is 18.4 Å². The van der Waals surface area contributed by atoms with Crippen molar-refractivity contribution in [3.63, 3.8) is 0 Å². The molecular formula is C22H23N5O2. The third kappa shape index (κ3) is 4.13.